The molecule has 0 spiro atoms. The topological polar surface area (TPSA) is 73.3 Å². The second kappa shape index (κ2) is 5.97. The summed E-state index contributed by atoms with van der Waals surface area (Å²) < 4.78 is 0. The van der Waals surface area contributed by atoms with Crippen molar-refractivity contribution in [3.63, 3.8) is 0 Å². The molecule has 4 N–H and O–H groups in total. The molecule has 0 fully saturated rings. The molecule has 1 atom stereocenters. The molecule has 1 unspecified atom stereocenters. The Bertz CT molecular complexity index is 138. The van der Waals surface area contributed by atoms with Crippen LogP contribution in [0.15, 0.2) is 0 Å². The maximum atomic E-state index is 8.62. The number of hydrogen-bond acceptors (Lipinski definition) is 3. The number of hydrogen-bond donors (Lipinski definition) is 3. The van der Waals surface area contributed by atoms with Gasteiger partial charge in [-0.15, -0.1) is 0 Å². The molecule has 0 aliphatic rings. The van der Waals surface area contributed by atoms with Crippen LogP contribution in [0.2, 0.25) is 0 Å². The van der Waals surface area contributed by atoms with Crippen LogP contribution in [0.25, 0.3) is 0 Å². The van der Waals surface area contributed by atoms with Gasteiger partial charge in [0.05, 0.1) is 6.04 Å². The molecule has 4 heteroatoms. The third-order valence-corrected chi connectivity index (χ3v) is 2.01. The Morgan fingerprint density at radius 2 is 2.25 bits per heavy atom. The minimum atomic E-state index is -0.0125. The summed E-state index contributed by atoms with van der Waals surface area (Å²) in [5, 5.41) is 15.9. The Hall–Kier alpha value is -0.610. The highest BCUT2D eigenvalue weighted by molar-refractivity contribution is 5.82. The second-order valence-electron chi connectivity index (χ2n) is 2.84. The zero-order chi connectivity index (χ0) is 9.56. The molecule has 0 saturated carbocycles. The van der Waals surface area contributed by atoms with Crippen molar-refractivity contribution < 1.29 is 5.11 Å². The first-order chi connectivity index (χ1) is 5.63. The van der Waals surface area contributed by atoms with Crippen molar-refractivity contribution in [3.8, 4) is 0 Å². The summed E-state index contributed by atoms with van der Waals surface area (Å²) in [5.41, 5.74) is 5.36. The summed E-state index contributed by atoms with van der Waals surface area (Å²) in [5.74, 6) is 0.190. The van der Waals surface area contributed by atoms with E-state index >= 15 is 0 Å². The Morgan fingerprint density at radius 3 is 2.58 bits per heavy atom. The van der Waals surface area contributed by atoms with Crippen LogP contribution in [0.4, 0.5) is 0 Å². The summed E-state index contributed by atoms with van der Waals surface area (Å²) in [4.78, 5) is 2.07. The van der Waals surface area contributed by atoms with Crippen LogP contribution in [-0.2, 0) is 0 Å². The summed E-state index contributed by atoms with van der Waals surface area (Å²) in [7, 11) is 0. The average Bonchev–Trinajstić information content (AvgIpc) is 2.05. The van der Waals surface area contributed by atoms with Crippen LogP contribution in [0.3, 0.4) is 0 Å². The van der Waals surface area contributed by atoms with Gasteiger partial charge in [0.15, 0.2) is 0 Å². The first-order valence-electron chi connectivity index (χ1n) is 4.32. The highest BCUT2D eigenvalue weighted by atomic mass is 16.3. The van der Waals surface area contributed by atoms with Crippen LogP contribution in [-0.4, -0.2) is 41.6 Å². The third kappa shape index (κ3) is 3.69. The molecule has 0 aliphatic heterocycles. The fraction of sp³-hybridized carbons (Fsp3) is 0.875. The number of amidine groups is 1. The quantitative estimate of drug-likeness (QED) is 0.391. The fourth-order valence-electron chi connectivity index (χ4n) is 1.10. The number of aliphatic hydroxyl groups is 1. The first kappa shape index (κ1) is 11.4. The Kier molecular flexibility index (Phi) is 5.66. The van der Waals surface area contributed by atoms with Crippen molar-refractivity contribution in [1.29, 1.82) is 5.41 Å². The van der Waals surface area contributed by atoms with Crippen LogP contribution >= 0.6 is 0 Å². The van der Waals surface area contributed by atoms with Crippen LogP contribution in [0.5, 0.6) is 0 Å². The van der Waals surface area contributed by atoms with Gasteiger partial charge in [-0.05, 0) is 19.9 Å². The highest BCUT2D eigenvalue weighted by Gasteiger charge is 2.13. The lowest BCUT2D eigenvalue weighted by atomic mass is 10.2. The largest absolute Gasteiger partial charge is 0.396 e. The summed E-state index contributed by atoms with van der Waals surface area (Å²) in [6.07, 6.45) is 0.742. The van der Waals surface area contributed by atoms with Crippen molar-refractivity contribution in [2.45, 2.75) is 26.3 Å². The monoisotopic (exact) mass is 173 g/mol. The van der Waals surface area contributed by atoms with Gasteiger partial charge in [-0.3, -0.25) is 10.3 Å². The number of nitrogens with zero attached hydrogens (tertiary/aromatic N) is 1. The molecular weight excluding hydrogens is 154 g/mol. The number of nitrogens with two attached hydrogens (primary N) is 1. The second-order valence-corrected chi connectivity index (χ2v) is 2.84. The molecule has 0 aromatic rings. The van der Waals surface area contributed by atoms with E-state index in [0.717, 1.165) is 19.5 Å². The van der Waals surface area contributed by atoms with E-state index in [2.05, 4.69) is 4.90 Å². The fourth-order valence-corrected chi connectivity index (χ4v) is 1.10. The van der Waals surface area contributed by atoms with Gasteiger partial charge in [0.2, 0.25) is 0 Å². The molecule has 4 nitrogen and oxygen atoms in total. The van der Waals surface area contributed by atoms with E-state index in [-0.39, 0.29) is 18.5 Å². The minimum Gasteiger partial charge on any atom is -0.396 e. The molecule has 0 rings (SSSR count). The van der Waals surface area contributed by atoms with Gasteiger partial charge >= 0.3 is 0 Å². The maximum Gasteiger partial charge on any atom is 0.108 e. The lowest BCUT2D eigenvalue weighted by Crippen LogP contribution is -2.42. The molecule has 12 heavy (non-hydrogen) atoms. The van der Waals surface area contributed by atoms with Gasteiger partial charge in [0.25, 0.3) is 0 Å². The molecular formula is C8H19N3O. The van der Waals surface area contributed by atoms with Crippen molar-refractivity contribution in [2.75, 3.05) is 19.7 Å². The van der Waals surface area contributed by atoms with E-state index in [0.29, 0.717) is 0 Å². The third-order valence-electron chi connectivity index (χ3n) is 2.01. The predicted octanol–water partition coefficient (Wildman–Crippen LogP) is 0.0152. The smallest absolute Gasteiger partial charge is 0.108 e. The molecule has 72 valence electrons. The van der Waals surface area contributed by atoms with Gasteiger partial charge < -0.3 is 10.8 Å². The number of nitrogens with one attached hydrogen (secondary N) is 1. The van der Waals surface area contributed by atoms with E-state index in [9.17, 15) is 0 Å². The van der Waals surface area contributed by atoms with E-state index in [1.807, 2.05) is 13.8 Å². The lowest BCUT2D eigenvalue weighted by Gasteiger charge is -2.26. The summed E-state index contributed by atoms with van der Waals surface area (Å²) in [6, 6.07) is -0.0125. The molecule has 0 saturated heterocycles. The Labute approximate surface area is 73.9 Å². The van der Waals surface area contributed by atoms with Crippen molar-refractivity contribution in [2.24, 2.45) is 5.73 Å². The van der Waals surface area contributed by atoms with Gasteiger partial charge in [-0.25, -0.2) is 0 Å². The molecule has 0 heterocycles. The molecule has 0 bridgehead atoms. The van der Waals surface area contributed by atoms with E-state index in [1.54, 1.807) is 0 Å². The van der Waals surface area contributed by atoms with E-state index < -0.39 is 0 Å². The van der Waals surface area contributed by atoms with Gasteiger partial charge in [-0.2, -0.15) is 0 Å². The van der Waals surface area contributed by atoms with E-state index in [4.69, 9.17) is 16.2 Å². The number of aliphatic hydroxyl groups excluding tert-OH is 1. The number of likely N-dealkylation sites (N-methyl/N-ethyl adjacent to an activating group) is 1. The SMILES string of the molecule is CCN(CCCO)C(C)C(=N)N. The zero-order valence-corrected chi connectivity index (χ0v) is 7.88. The van der Waals surface area contributed by atoms with Crippen LogP contribution in [0, 0.1) is 5.41 Å². The predicted molar refractivity (Wildman–Crippen MR) is 50.3 cm³/mol. The summed E-state index contributed by atoms with van der Waals surface area (Å²) >= 11 is 0. The van der Waals surface area contributed by atoms with Crippen molar-refractivity contribution >= 4 is 5.84 Å². The van der Waals surface area contributed by atoms with Crippen molar-refractivity contribution in [3.05, 3.63) is 0 Å². The molecule has 0 aromatic carbocycles. The molecule has 0 amide bonds. The highest BCUT2D eigenvalue weighted by Crippen LogP contribution is 1.98. The number of rotatable bonds is 6. The van der Waals surface area contributed by atoms with Crippen LogP contribution in [0.1, 0.15) is 20.3 Å². The molecule has 0 radical (unpaired) electrons. The lowest BCUT2D eigenvalue weighted by molar-refractivity contribution is 0.218. The summed E-state index contributed by atoms with van der Waals surface area (Å²) in [6.45, 7) is 5.79. The standard InChI is InChI=1S/C8H19N3O/c1-3-11(5-4-6-12)7(2)8(9)10/h7,12H,3-6H2,1-2H3,(H3,9,10). The van der Waals surface area contributed by atoms with E-state index in [1.165, 1.54) is 0 Å². The average molecular weight is 173 g/mol. The first-order valence-corrected chi connectivity index (χ1v) is 4.32. The van der Waals surface area contributed by atoms with Crippen LogP contribution < -0.4 is 5.73 Å². The zero-order valence-electron chi connectivity index (χ0n) is 7.88. The molecule has 0 aliphatic carbocycles. The van der Waals surface area contributed by atoms with Gasteiger partial charge in [-0.1, -0.05) is 6.92 Å². The van der Waals surface area contributed by atoms with Gasteiger partial charge in [0, 0.05) is 13.2 Å². The van der Waals surface area contributed by atoms with Crippen molar-refractivity contribution in [1.82, 2.24) is 4.90 Å². The minimum absolute atomic E-state index is 0.0125. The Balaban J connectivity index is 3.87. The normalized spacial score (nSPS) is 13.3. The maximum absolute atomic E-state index is 8.62. The Morgan fingerprint density at radius 1 is 1.67 bits per heavy atom. The molecule has 0 aromatic heterocycles. The van der Waals surface area contributed by atoms with Gasteiger partial charge in [0.1, 0.15) is 5.84 Å².